The van der Waals surface area contributed by atoms with Crippen LogP contribution in [0.3, 0.4) is 0 Å². The number of halogens is 2. The number of rotatable bonds is 9. The predicted molar refractivity (Wildman–Crippen MR) is 144 cm³/mol. The van der Waals surface area contributed by atoms with Crippen molar-refractivity contribution < 1.29 is 14.7 Å². The van der Waals surface area contributed by atoms with Crippen LogP contribution in [-0.4, -0.2) is 23.0 Å². The van der Waals surface area contributed by atoms with E-state index >= 15 is 0 Å². The topological polar surface area (TPSA) is 66.4 Å². The fourth-order valence-corrected chi connectivity index (χ4v) is 5.14. The second-order valence-electron chi connectivity index (χ2n) is 8.54. The molecule has 4 aromatic carbocycles. The summed E-state index contributed by atoms with van der Waals surface area (Å²) in [4.78, 5) is 25.7. The van der Waals surface area contributed by atoms with Crippen LogP contribution in [0.5, 0.6) is 0 Å². The lowest BCUT2D eigenvalue weighted by molar-refractivity contribution is -0.141. The summed E-state index contributed by atoms with van der Waals surface area (Å²) in [5.74, 6) is -1.56. The molecule has 0 heterocycles. The zero-order valence-electron chi connectivity index (χ0n) is 19.4. The number of hydrogen-bond acceptors (Lipinski definition) is 2. The van der Waals surface area contributed by atoms with Gasteiger partial charge in [-0.3, -0.25) is 4.79 Å². The minimum atomic E-state index is -1.20. The number of benzene rings is 4. The number of carboxylic acid groups (broad SMARTS) is 1. The van der Waals surface area contributed by atoms with Gasteiger partial charge in [0.25, 0.3) is 0 Å². The molecule has 6 heteroatoms. The first-order chi connectivity index (χ1) is 17.4. The number of aliphatic carboxylic acids is 1. The molecule has 0 aliphatic heterocycles. The van der Waals surface area contributed by atoms with E-state index in [1.165, 1.54) is 0 Å². The van der Waals surface area contributed by atoms with Crippen molar-refractivity contribution in [2.24, 2.45) is 0 Å². The Morgan fingerprint density at radius 1 is 0.694 bits per heavy atom. The van der Waals surface area contributed by atoms with E-state index in [0.29, 0.717) is 15.6 Å². The quantitative estimate of drug-likeness (QED) is 0.248. The Hall–Kier alpha value is -3.60. The Morgan fingerprint density at radius 2 is 1.11 bits per heavy atom. The van der Waals surface area contributed by atoms with Gasteiger partial charge in [0.15, 0.2) is 0 Å². The summed E-state index contributed by atoms with van der Waals surface area (Å²) in [6.45, 7) is 0. The van der Waals surface area contributed by atoms with Crippen LogP contribution in [-0.2, 0) is 21.4 Å². The molecule has 0 fully saturated rings. The molecule has 0 unspecified atom stereocenters. The zero-order chi connectivity index (χ0) is 25.5. The van der Waals surface area contributed by atoms with E-state index in [1.807, 2.05) is 91.0 Å². The van der Waals surface area contributed by atoms with Gasteiger partial charge in [0.1, 0.15) is 6.04 Å². The molecular weight excluding hydrogens is 493 g/mol. The van der Waals surface area contributed by atoms with Gasteiger partial charge >= 0.3 is 5.97 Å². The average Bonchev–Trinajstić information content (AvgIpc) is 2.90. The zero-order valence-corrected chi connectivity index (χ0v) is 20.9. The first-order valence-electron chi connectivity index (χ1n) is 11.5. The van der Waals surface area contributed by atoms with E-state index in [2.05, 4.69) is 5.32 Å². The lowest BCUT2D eigenvalue weighted by Gasteiger charge is -2.36. The number of carboxylic acids is 1. The van der Waals surface area contributed by atoms with Crippen LogP contribution in [0.15, 0.2) is 109 Å². The van der Waals surface area contributed by atoms with Crippen molar-refractivity contribution in [3.63, 3.8) is 0 Å². The maximum absolute atomic E-state index is 13.6. The summed E-state index contributed by atoms with van der Waals surface area (Å²) < 4.78 is 0. The molecule has 4 aromatic rings. The molecule has 0 saturated carbocycles. The fourth-order valence-electron chi connectivity index (χ4n) is 4.59. The van der Waals surface area contributed by atoms with Gasteiger partial charge in [-0.2, -0.15) is 0 Å². The van der Waals surface area contributed by atoms with Crippen LogP contribution in [0, 0.1) is 0 Å². The van der Waals surface area contributed by atoms with Gasteiger partial charge in [-0.05, 0) is 34.4 Å². The van der Waals surface area contributed by atoms with Crippen molar-refractivity contribution in [1.29, 1.82) is 0 Å². The molecular formula is C30H25Cl2NO3. The van der Waals surface area contributed by atoms with Gasteiger partial charge in [0, 0.05) is 22.9 Å². The number of carbonyl (C=O) groups excluding carboxylic acids is 1. The SMILES string of the molecule is O=C(CC(c1ccccc1)(c1ccccc1)c1ccccc1)N[C@H](Cc1c(Cl)cccc1Cl)C(=O)O. The molecule has 0 radical (unpaired) electrons. The maximum atomic E-state index is 13.6. The Morgan fingerprint density at radius 3 is 1.50 bits per heavy atom. The molecule has 4 rings (SSSR count). The molecule has 2 N–H and O–H groups in total. The molecule has 0 spiro atoms. The van der Waals surface area contributed by atoms with Gasteiger partial charge in [-0.1, -0.05) is 120 Å². The van der Waals surface area contributed by atoms with Gasteiger partial charge in [-0.15, -0.1) is 0 Å². The van der Waals surface area contributed by atoms with E-state index in [9.17, 15) is 14.7 Å². The molecule has 182 valence electrons. The minimum Gasteiger partial charge on any atom is -0.480 e. The Kier molecular flexibility index (Phi) is 8.09. The van der Waals surface area contributed by atoms with Crippen LogP contribution < -0.4 is 5.32 Å². The summed E-state index contributed by atoms with van der Waals surface area (Å²) in [6.07, 6.45) is -0.0281. The van der Waals surface area contributed by atoms with Gasteiger partial charge in [-0.25, -0.2) is 4.79 Å². The number of nitrogens with one attached hydrogen (secondary N) is 1. The minimum absolute atomic E-state index is 0.00503. The second kappa shape index (κ2) is 11.4. The highest BCUT2D eigenvalue weighted by Crippen LogP contribution is 2.42. The van der Waals surface area contributed by atoms with Crippen molar-refractivity contribution in [3.8, 4) is 0 Å². The largest absolute Gasteiger partial charge is 0.480 e. The van der Waals surface area contributed by atoms with E-state index in [1.54, 1.807) is 18.2 Å². The summed E-state index contributed by atoms with van der Waals surface area (Å²) in [7, 11) is 0. The summed E-state index contributed by atoms with van der Waals surface area (Å²) >= 11 is 12.5. The number of amides is 1. The Labute approximate surface area is 220 Å². The summed E-state index contributed by atoms with van der Waals surface area (Å²) in [5.41, 5.74) is 2.43. The first-order valence-corrected chi connectivity index (χ1v) is 12.3. The van der Waals surface area contributed by atoms with Gasteiger partial charge in [0.05, 0.1) is 5.41 Å². The molecule has 0 aliphatic carbocycles. The van der Waals surface area contributed by atoms with E-state index < -0.39 is 23.3 Å². The summed E-state index contributed by atoms with van der Waals surface area (Å²) in [5, 5.41) is 13.4. The van der Waals surface area contributed by atoms with Crippen LogP contribution >= 0.6 is 23.2 Å². The monoisotopic (exact) mass is 517 g/mol. The van der Waals surface area contributed by atoms with Crippen molar-refractivity contribution in [2.45, 2.75) is 24.3 Å². The van der Waals surface area contributed by atoms with Crippen molar-refractivity contribution >= 4 is 35.1 Å². The van der Waals surface area contributed by atoms with Crippen LogP contribution in [0.2, 0.25) is 10.0 Å². The van der Waals surface area contributed by atoms with E-state index in [-0.39, 0.29) is 12.8 Å². The third-order valence-electron chi connectivity index (χ3n) is 6.33. The van der Waals surface area contributed by atoms with Gasteiger partial charge < -0.3 is 10.4 Å². The lowest BCUT2D eigenvalue weighted by atomic mass is 9.67. The average molecular weight is 518 g/mol. The van der Waals surface area contributed by atoms with Crippen LogP contribution in [0.25, 0.3) is 0 Å². The van der Waals surface area contributed by atoms with Crippen LogP contribution in [0.4, 0.5) is 0 Å². The number of carbonyl (C=O) groups is 2. The molecule has 0 bridgehead atoms. The molecule has 0 saturated heterocycles. The highest BCUT2D eigenvalue weighted by Gasteiger charge is 2.39. The molecule has 0 aromatic heterocycles. The molecule has 4 nitrogen and oxygen atoms in total. The highest BCUT2D eigenvalue weighted by molar-refractivity contribution is 6.36. The molecule has 0 aliphatic rings. The summed E-state index contributed by atoms with van der Waals surface area (Å²) in [6, 6.07) is 33.1. The standard InChI is InChI=1S/C30H25Cl2NO3/c31-25-17-10-18-26(32)24(25)19-27(29(35)36)33-28(34)20-30(21-11-4-1-5-12-21,22-13-6-2-7-14-22)23-15-8-3-9-16-23/h1-18,27H,19-20H2,(H,33,34)(H,35,36)/t27-/m1/s1. The smallest absolute Gasteiger partial charge is 0.326 e. The van der Waals surface area contributed by atoms with Crippen LogP contribution in [0.1, 0.15) is 28.7 Å². The third-order valence-corrected chi connectivity index (χ3v) is 7.04. The van der Waals surface area contributed by atoms with Gasteiger partial charge in [0.2, 0.25) is 5.91 Å². The predicted octanol–water partition coefficient (Wildman–Crippen LogP) is 6.53. The third kappa shape index (κ3) is 5.46. The van der Waals surface area contributed by atoms with Crippen molar-refractivity contribution in [3.05, 3.63) is 141 Å². The highest BCUT2D eigenvalue weighted by atomic mass is 35.5. The molecule has 1 amide bonds. The Balaban J connectivity index is 1.74. The van der Waals surface area contributed by atoms with E-state index in [4.69, 9.17) is 23.2 Å². The normalized spacial score (nSPS) is 12.1. The fraction of sp³-hybridized carbons (Fsp3) is 0.133. The maximum Gasteiger partial charge on any atom is 0.326 e. The van der Waals surface area contributed by atoms with Crippen molar-refractivity contribution in [1.82, 2.24) is 5.32 Å². The molecule has 36 heavy (non-hydrogen) atoms. The number of hydrogen-bond donors (Lipinski definition) is 2. The van der Waals surface area contributed by atoms with Crippen molar-refractivity contribution in [2.75, 3.05) is 0 Å². The van der Waals surface area contributed by atoms with E-state index in [0.717, 1.165) is 16.7 Å². The Bertz CT molecular complexity index is 1210. The molecule has 1 atom stereocenters. The first kappa shape index (κ1) is 25.5. The lowest BCUT2D eigenvalue weighted by Crippen LogP contribution is -2.45. The second-order valence-corrected chi connectivity index (χ2v) is 9.36.